The van der Waals surface area contributed by atoms with Crippen LogP contribution in [0.2, 0.25) is 0 Å². The van der Waals surface area contributed by atoms with Gasteiger partial charge < -0.3 is 0 Å². The predicted octanol–water partition coefficient (Wildman–Crippen LogP) is 13.9. The molecule has 0 atom stereocenters. The van der Waals surface area contributed by atoms with Gasteiger partial charge in [-0.05, 0) is 166 Å². The Morgan fingerprint density at radius 3 is 1.09 bits per heavy atom. The van der Waals surface area contributed by atoms with Gasteiger partial charge in [0.2, 0.25) is 0 Å². The number of rotatable bonds is 2. The molecule has 0 amide bonds. The number of carbonyl (C=O) groups is 2. The van der Waals surface area contributed by atoms with Crippen LogP contribution in [0.15, 0.2) is 94.1 Å². The third-order valence-electron chi connectivity index (χ3n) is 17.3. The number of hydrogen-bond donors (Lipinski definition) is 0. The highest BCUT2D eigenvalue weighted by atomic mass is 19.2. The molecule has 0 saturated heterocycles. The molecule has 12 rings (SSSR count). The standard InChI is InChI=1S/C60H42F4N4O2/c61-50-24-40-42(26-52(50)63)56(69)44(54(40)34(28-65)29-66)20-36-16-32-18-48-38(22-46(32)58(36)10-4-1-5-11-58)39-23-47-33(19-49(39)60(48)14-8-3-9-15-60)17-37(59(47)12-6-2-7-13-59)21-45-55(35(30-67)31-68)41-25-51(62)53(64)27-43(41)57(45)70/h16-27H,1-15H2/b44-20-,45-21-. The number of hydrogen-bond acceptors (Lipinski definition) is 6. The third kappa shape index (κ3) is 5.86. The summed E-state index contributed by atoms with van der Waals surface area (Å²) in [6, 6.07) is 20.6. The maximum Gasteiger partial charge on any atom is 0.194 e. The second-order valence-corrected chi connectivity index (χ2v) is 20.4. The Morgan fingerprint density at radius 1 is 0.414 bits per heavy atom. The van der Waals surface area contributed by atoms with E-state index in [0.29, 0.717) is 0 Å². The van der Waals surface area contributed by atoms with Crippen molar-refractivity contribution in [1.82, 2.24) is 0 Å². The van der Waals surface area contributed by atoms with Crippen LogP contribution in [0.5, 0.6) is 0 Å². The van der Waals surface area contributed by atoms with E-state index in [1.54, 1.807) is 12.2 Å². The number of ketones is 2. The smallest absolute Gasteiger partial charge is 0.194 e. The zero-order valence-corrected chi connectivity index (χ0v) is 38.2. The molecule has 4 aromatic carbocycles. The topological polar surface area (TPSA) is 129 Å². The van der Waals surface area contributed by atoms with E-state index < -0.39 is 45.7 Å². The van der Waals surface area contributed by atoms with E-state index in [2.05, 4.69) is 36.4 Å². The average Bonchev–Trinajstić information content (AvgIpc) is 4.06. The van der Waals surface area contributed by atoms with Crippen LogP contribution < -0.4 is 0 Å². The van der Waals surface area contributed by atoms with Crippen molar-refractivity contribution in [2.24, 2.45) is 0 Å². The molecule has 0 unspecified atom stereocenters. The van der Waals surface area contributed by atoms with Crippen LogP contribution in [0.3, 0.4) is 0 Å². The molecule has 0 aliphatic heterocycles. The van der Waals surface area contributed by atoms with Gasteiger partial charge in [-0.2, -0.15) is 21.0 Å². The molecule has 0 bridgehead atoms. The SMILES string of the molecule is N#CC(C#N)=C1/C(=C/C2=Cc3cc4c(cc3C23CCCCC3)-c2cc3c(cc2C42CCCCC2)C=C(/C=C2\C(=O)c4cc(F)c(F)cc4C2=C(C#N)C#N)C32CCCCC2)C(=O)c2cc(F)c(F)cc21. The Kier molecular flexibility index (Phi) is 9.77. The Balaban J connectivity index is 1.03. The largest absolute Gasteiger partial charge is 0.289 e. The number of benzene rings is 4. The number of carbonyl (C=O) groups excluding carboxylic acids is 2. The van der Waals surface area contributed by atoms with Crippen molar-refractivity contribution in [3.63, 3.8) is 0 Å². The second kappa shape index (κ2) is 15.7. The summed E-state index contributed by atoms with van der Waals surface area (Å²) in [6.45, 7) is 0. The van der Waals surface area contributed by atoms with Crippen molar-refractivity contribution >= 4 is 34.9 Å². The molecule has 8 aliphatic carbocycles. The highest BCUT2D eigenvalue weighted by Crippen LogP contribution is 2.63. The lowest BCUT2D eigenvalue weighted by Gasteiger charge is -2.38. The predicted molar refractivity (Wildman–Crippen MR) is 255 cm³/mol. The summed E-state index contributed by atoms with van der Waals surface area (Å²) < 4.78 is 58.9. The first kappa shape index (κ1) is 43.6. The van der Waals surface area contributed by atoms with Crippen molar-refractivity contribution in [1.29, 1.82) is 21.0 Å². The summed E-state index contributed by atoms with van der Waals surface area (Å²) in [6.07, 6.45) is 22.0. The summed E-state index contributed by atoms with van der Waals surface area (Å²) >= 11 is 0. The van der Waals surface area contributed by atoms with Gasteiger partial charge in [-0.25, -0.2) is 17.6 Å². The maximum absolute atomic E-state index is 14.8. The molecular formula is C60H42F4N4O2. The van der Waals surface area contributed by atoms with E-state index in [4.69, 9.17) is 0 Å². The van der Waals surface area contributed by atoms with Crippen LogP contribution in [0.4, 0.5) is 17.6 Å². The second-order valence-electron chi connectivity index (χ2n) is 20.4. The number of Topliss-reactive ketones (excluding diaryl/α,β-unsaturated/α-hetero) is 2. The molecule has 4 aromatic rings. The van der Waals surface area contributed by atoms with E-state index in [-0.39, 0.29) is 61.1 Å². The van der Waals surface area contributed by atoms with Gasteiger partial charge in [-0.1, -0.05) is 69.9 Å². The fraction of sp³-hybridized carbons (Fsp3) is 0.300. The van der Waals surface area contributed by atoms with Crippen molar-refractivity contribution in [3.05, 3.63) is 173 Å². The molecule has 6 nitrogen and oxygen atoms in total. The van der Waals surface area contributed by atoms with Crippen molar-refractivity contribution in [2.45, 2.75) is 113 Å². The summed E-state index contributed by atoms with van der Waals surface area (Å²) in [5, 5.41) is 40.4. The molecule has 0 aromatic heterocycles. The van der Waals surface area contributed by atoms with Crippen LogP contribution in [0.25, 0.3) is 34.4 Å². The number of nitriles is 4. The molecule has 0 heterocycles. The first-order chi connectivity index (χ1) is 33.9. The first-order valence-electron chi connectivity index (χ1n) is 24.4. The van der Waals surface area contributed by atoms with Crippen LogP contribution in [0.1, 0.15) is 162 Å². The summed E-state index contributed by atoms with van der Waals surface area (Å²) in [4.78, 5) is 28.5. The lowest BCUT2D eigenvalue weighted by molar-refractivity contribution is 0.103. The van der Waals surface area contributed by atoms with Crippen molar-refractivity contribution in [3.8, 4) is 35.4 Å². The third-order valence-corrected chi connectivity index (χ3v) is 17.3. The first-order valence-corrected chi connectivity index (χ1v) is 24.4. The van der Waals surface area contributed by atoms with E-state index in [1.807, 2.05) is 24.3 Å². The fourth-order valence-corrected chi connectivity index (χ4v) is 14.2. The van der Waals surface area contributed by atoms with Gasteiger partial charge in [0.25, 0.3) is 0 Å². The van der Waals surface area contributed by atoms with E-state index in [9.17, 15) is 48.2 Å². The van der Waals surface area contributed by atoms with Crippen molar-refractivity contribution in [2.75, 3.05) is 0 Å². The lowest BCUT2D eigenvalue weighted by atomic mass is 9.65. The molecule has 3 saturated carbocycles. The molecule has 70 heavy (non-hydrogen) atoms. The highest BCUT2D eigenvalue weighted by Gasteiger charge is 2.51. The summed E-state index contributed by atoms with van der Waals surface area (Å²) in [5.74, 6) is -5.83. The van der Waals surface area contributed by atoms with E-state index in [1.165, 1.54) is 22.3 Å². The number of halogens is 4. The van der Waals surface area contributed by atoms with Crippen LogP contribution in [-0.4, -0.2) is 11.6 Å². The maximum atomic E-state index is 14.8. The fourth-order valence-electron chi connectivity index (χ4n) is 14.2. The van der Waals surface area contributed by atoms with Crippen LogP contribution in [-0.2, 0) is 16.2 Å². The van der Waals surface area contributed by atoms with Gasteiger partial charge in [-0.15, -0.1) is 0 Å². The zero-order chi connectivity index (χ0) is 48.4. The molecule has 10 heteroatoms. The Morgan fingerprint density at radius 2 is 0.743 bits per heavy atom. The van der Waals surface area contributed by atoms with E-state index in [0.717, 1.165) is 154 Å². The minimum absolute atomic E-state index is 0.0193. The number of allylic oxidation sites excluding steroid dienone is 10. The van der Waals surface area contributed by atoms with Gasteiger partial charge in [0, 0.05) is 49.7 Å². The zero-order valence-electron chi connectivity index (χ0n) is 38.2. The molecule has 0 radical (unpaired) electrons. The van der Waals surface area contributed by atoms with Gasteiger partial charge in [-0.3, -0.25) is 9.59 Å². The minimum atomic E-state index is -1.18. The molecule has 3 fully saturated rings. The number of nitrogens with zero attached hydrogens (tertiary/aromatic N) is 4. The highest BCUT2D eigenvalue weighted by molar-refractivity contribution is 6.29. The van der Waals surface area contributed by atoms with Gasteiger partial charge in [0.05, 0.1) is 0 Å². The van der Waals surface area contributed by atoms with Gasteiger partial charge in [0.15, 0.2) is 34.8 Å². The van der Waals surface area contributed by atoms with Crippen LogP contribution >= 0.6 is 0 Å². The number of fused-ring (bicyclic) bond motifs is 11. The Bertz CT molecular complexity index is 3290. The average molecular weight is 927 g/mol. The van der Waals surface area contributed by atoms with E-state index >= 15 is 0 Å². The molecule has 0 N–H and O–H groups in total. The molecule has 3 spiro atoms. The van der Waals surface area contributed by atoms with Crippen LogP contribution in [0, 0.1) is 68.6 Å². The Labute approximate surface area is 402 Å². The monoisotopic (exact) mass is 926 g/mol. The quantitative estimate of drug-likeness (QED) is 0.112. The Hall–Kier alpha value is -7.66. The van der Waals surface area contributed by atoms with Gasteiger partial charge >= 0.3 is 0 Å². The molecular weight excluding hydrogens is 885 g/mol. The summed E-state index contributed by atoms with van der Waals surface area (Å²) in [5.41, 5.74) is 9.13. The normalized spacial score (nSPS) is 21.4. The summed E-state index contributed by atoms with van der Waals surface area (Å²) in [7, 11) is 0. The molecule has 342 valence electrons. The minimum Gasteiger partial charge on any atom is -0.289 e. The lowest BCUT2D eigenvalue weighted by Crippen LogP contribution is -2.30. The van der Waals surface area contributed by atoms with Gasteiger partial charge in [0.1, 0.15) is 35.4 Å². The molecule has 8 aliphatic rings. The van der Waals surface area contributed by atoms with Crippen molar-refractivity contribution < 1.29 is 27.2 Å².